The molecule has 0 bridgehead atoms. The maximum Gasteiger partial charge on any atom is 0.251 e. The van der Waals surface area contributed by atoms with Crippen molar-refractivity contribution in [3.8, 4) is 0 Å². The number of hydrogen-bond acceptors (Lipinski definition) is 7. The van der Waals surface area contributed by atoms with Crippen molar-refractivity contribution in [2.24, 2.45) is 11.8 Å². The molecule has 3 N–H and O–H groups in total. The topological polar surface area (TPSA) is 115 Å². The molecule has 2 amide bonds. The van der Waals surface area contributed by atoms with Crippen LogP contribution < -0.4 is 11.1 Å². The maximum atomic E-state index is 13.7. The second-order valence-corrected chi connectivity index (χ2v) is 10.3. The molecule has 1 saturated carbocycles. The van der Waals surface area contributed by atoms with E-state index < -0.39 is 12.1 Å². The number of thiazole rings is 1. The third-order valence-corrected chi connectivity index (χ3v) is 7.91. The SMILES string of the molecule is C[C@H]1CN(C(=O)[C@@H](NC(=O)c2ccc3nc(N)sc3c2)C2CCCCC2)[C@@H]2C(=O)CO[C@@H]21. The number of ketones is 1. The fourth-order valence-corrected chi connectivity index (χ4v) is 6.23. The van der Waals surface area contributed by atoms with Gasteiger partial charge in [0.25, 0.3) is 5.91 Å². The van der Waals surface area contributed by atoms with Gasteiger partial charge in [-0.3, -0.25) is 14.4 Å². The van der Waals surface area contributed by atoms with Gasteiger partial charge in [0.1, 0.15) is 18.7 Å². The van der Waals surface area contributed by atoms with E-state index in [1.807, 2.05) is 6.92 Å². The van der Waals surface area contributed by atoms with E-state index in [2.05, 4.69) is 10.3 Å². The molecule has 2 aromatic rings. The first kappa shape index (κ1) is 21.3. The summed E-state index contributed by atoms with van der Waals surface area (Å²) in [4.78, 5) is 45.3. The fraction of sp³-hybridized carbons (Fsp3) is 0.565. The summed E-state index contributed by atoms with van der Waals surface area (Å²) in [5, 5.41) is 3.48. The Kier molecular flexibility index (Phi) is 5.63. The van der Waals surface area contributed by atoms with Crippen LogP contribution in [0.25, 0.3) is 10.2 Å². The Hall–Kier alpha value is -2.52. The first-order valence-corrected chi connectivity index (χ1v) is 12.2. The zero-order chi connectivity index (χ0) is 22.4. The first-order valence-electron chi connectivity index (χ1n) is 11.3. The molecule has 3 fully saturated rings. The Bertz CT molecular complexity index is 1060. The Morgan fingerprint density at radius 1 is 1.28 bits per heavy atom. The second-order valence-electron chi connectivity index (χ2n) is 9.24. The lowest BCUT2D eigenvalue weighted by atomic mass is 9.83. The van der Waals surface area contributed by atoms with Gasteiger partial charge in [-0.05, 0) is 37.0 Å². The van der Waals surface area contributed by atoms with Gasteiger partial charge in [-0.15, -0.1) is 0 Å². The molecule has 3 heterocycles. The van der Waals surface area contributed by atoms with E-state index in [9.17, 15) is 14.4 Å². The molecule has 3 aliphatic rings. The average molecular weight is 457 g/mol. The van der Waals surface area contributed by atoms with E-state index in [1.165, 1.54) is 11.3 Å². The molecule has 1 aromatic carbocycles. The van der Waals surface area contributed by atoms with Crippen molar-refractivity contribution in [2.75, 3.05) is 18.9 Å². The Morgan fingerprint density at radius 3 is 2.84 bits per heavy atom. The van der Waals surface area contributed by atoms with Crippen LogP contribution in [0, 0.1) is 11.8 Å². The van der Waals surface area contributed by atoms with Crippen molar-refractivity contribution in [2.45, 2.75) is 57.2 Å². The number of nitrogen functional groups attached to an aromatic ring is 1. The summed E-state index contributed by atoms with van der Waals surface area (Å²) in [6.45, 7) is 2.54. The fourth-order valence-electron chi connectivity index (χ4n) is 5.46. The minimum atomic E-state index is -0.649. The van der Waals surface area contributed by atoms with Crippen LogP contribution in [0.2, 0.25) is 0 Å². The Morgan fingerprint density at radius 2 is 2.06 bits per heavy atom. The normalized spacial score (nSPS) is 27.0. The van der Waals surface area contributed by atoms with E-state index in [-0.39, 0.29) is 42.1 Å². The largest absolute Gasteiger partial charge is 0.375 e. The van der Waals surface area contributed by atoms with Crippen LogP contribution in [0.4, 0.5) is 5.13 Å². The lowest BCUT2D eigenvalue weighted by Gasteiger charge is -2.34. The number of aromatic nitrogens is 1. The molecular formula is C23H28N4O4S. The van der Waals surface area contributed by atoms with Gasteiger partial charge in [-0.1, -0.05) is 37.5 Å². The van der Waals surface area contributed by atoms with Crippen LogP contribution in [0.15, 0.2) is 18.2 Å². The van der Waals surface area contributed by atoms with Crippen molar-refractivity contribution < 1.29 is 19.1 Å². The zero-order valence-corrected chi connectivity index (χ0v) is 18.9. The summed E-state index contributed by atoms with van der Waals surface area (Å²) < 4.78 is 6.49. The van der Waals surface area contributed by atoms with E-state index >= 15 is 0 Å². The minimum absolute atomic E-state index is 0.0466. The van der Waals surface area contributed by atoms with E-state index in [4.69, 9.17) is 10.5 Å². The number of benzene rings is 1. The number of nitrogens with zero attached hydrogens (tertiary/aromatic N) is 2. The van der Waals surface area contributed by atoms with Crippen LogP contribution in [-0.4, -0.2) is 58.8 Å². The van der Waals surface area contributed by atoms with Crippen molar-refractivity contribution in [3.05, 3.63) is 23.8 Å². The molecule has 0 radical (unpaired) electrons. The number of ether oxygens (including phenoxy) is 1. The van der Waals surface area contributed by atoms with Gasteiger partial charge in [-0.2, -0.15) is 0 Å². The van der Waals surface area contributed by atoms with Crippen LogP contribution in [0.5, 0.6) is 0 Å². The molecular weight excluding hydrogens is 428 g/mol. The van der Waals surface area contributed by atoms with E-state index in [0.717, 1.165) is 42.3 Å². The van der Waals surface area contributed by atoms with Crippen molar-refractivity contribution in [1.82, 2.24) is 15.2 Å². The molecule has 0 spiro atoms. The monoisotopic (exact) mass is 456 g/mol. The van der Waals surface area contributed by atoms with Crippen molar-refractivity contribution in [3.63, 3.8) is 0 Å². The lowest BCUT2D eigenvalue weighted by Crippen LogP contribution is -2.55. The van der Waals surface area contributed by atoms with E-state index in [0.29, 0.717) is 17.2 Å². The number of Topliss-reactive ketones (excluding diaryl/α,β-unsaturated/α-hetero) is 1. The quantitative estimate of drug-likeness (QED) is 0.730. The minimum Gasteiger partial charge on any atom is -0.375 e. The van der Waals surface area contributed by atoms with Crippen LogP contribution in [-0.2, 0) is 14.3 Å². The van der Waals surface area contributed by atoms with Gasteiger partial charge in [0, 0.05) is 18.0 Å². The molecule has 4 atom stereocenters. The van der Waals surface area contributed by atoms with E-state index in [1.54, 1.807) is 23.1 Å². The highest BCUT2D eigenvalue weighted by Crippen LogP contribution is 2.34. The molecule has 0 unspecified atom stereocenters. The maximum absolute atomic E-state index is 13.7. The summed E-state index contributed by atoms with van der Waals surface area (Å²) in [6.07, 6.45) is 4.77. The molecule has 32 heavy (non-hydrogen) atoms. The Balaban J connectivity index is 1.40. The molecule has 9 heteroatoms. The van der Waals surface area contributed by atoms with Gasteiger partial charge >= 0.3 is 0 Å². The standard InChI is InChI=1S/C23H28N4O4S/c1-12-10-27(19-16(28)11-31-20(12)19)22(30)18(13-5-3-2-4-6-13)26-21(29)14-7-8-15-17(9-14)32-23(24)25-15/h7-9,12-13,18-20H,2-6,10-11H2,1H3,(H2,24,25)(H,26,29)/t12-,18-,19+,20+/m0/s1. The molecule has 1 aliphatic carbocycles. The lowest BCUT2D eigenvalue weighted by molar-refractivity contribution is -0.139. The molecule has 1 aromatic heterocycles. The van der Waals surface area contributed by atoms with Gasteiger partial charge < -0.3 is 20.7 Å². The summed E-state index contributed by atoms with van der Waals surface area (Å²) in [5.41, 5.74) is 7.01. The first-order chi connectivity index (χ1) is 15.4. The zero-order valence-electron chi connectivity index (χ0n) is 18.1. The van der Waals surface area contributed by atoms with Crippen molar-refractivity contribution >= 4 is 44.3 Å². The van der Waals surface area contributed by atoms with Gasteiger partial charge in [-0.25, -0.2) is 4.98 Å². The summed E-state index contributed by atoms with van der Waals surface area (Å²) in [5.74, 6) is -0.339. The van der Waals surface area contributed by atoms with Crippen LogP contribution >= 0.6 is 11.3 Å². The number of carbonyl (C=O) groups is 3. The number of rotatable bonds is 4. The number of likely N-dealkylation sites (tertiary alicyclic amines) is 1. The van der Waals surface area contributed by atoms with Gasteiger partial charge in [0.05, 0.1) is 16.3 Å². The summed E-state index contributed by atoms with van der Waals surface area (Å²) >= 11 is 1.33. The smallest absolute Gasteiger partial charge is 0.251 e. The number of hydrogen-bond donors (Lipinski definition) is 2. The molecule has 2 saturated heterocycles. The highest BCUT2D eigenvalue weighted by atomic mass is 32.1. The Labute approximate surface area is 190 Å². The number of nitrogens with one attached hydrogen (secondary N) is 1. The second kappa shape index (κ2) is 8.44. The predicted octanol–water partition coefficient (Wildman–Crippen LogP) is 2.37. The average Bonchev–Trinajstić information content (AvgIpc) is 3.46. The predicted molar refractivity (Wildman–Crippen MR) is 121 cm³/mol. The molecule has 170 valence electrons. The molecule has 2 aliphatic heterocycles. The number of fused-ring (bicyclic) bond motifs is 2. The summed E-state index contributed by atoms with van der Waals surface area (Å²) in [7, 11) is 0. The third-order valence-electron chi connectivity index (χ3n) is 7.06. The highest BCUT2D eigenvalue weighted by Gasteiger charge is 2.52. The van der Waals surface area contributed by atoms with Crippen LogP contribution in [0.1, 0.15) is 49.4 Å². The number of amides is 2. The summed E-state index contributed by atoms with van der Waals surface area (Å²) in [6, 6.07) is 4.07. The molecule has 5 rings (SSSR count). The number of carbonyl (C=O) groups excluding carboxylic acids is 3. The highest BCUT2D eigenvalue weighted by molar-refractivity contribution is 7.22. The number of anilines is 1. The number of nitrogens with two attached hydrogens (primary N) is 1. The molecule has 8 nitrogen and oxygen atoms in total. The third kappa shape index (κ3) is 3.77. The van der Waals surface area contributed by atoms with Gasteiger partial charge in [0.2, 0.25) is 5.91 Å². The van der Waals surface area contributed by atoms with Gasteiger partial charge in [0.15, 0.2) is 10.9 Å². The van der Waals surface area contributed by atoms with Crippen LogP contribution in [0.3, 0.4) is 0 Å². The van der Waals surface area contributed by atoms with Crippen molar-refractivity contribution in [1.29, 1.82) is 0 Å².